The molecule has 3 nitrogen and oxygen atoms in total. The SMILES string of the molecule is CC(=O)c1ccoc1[C]=O. The van der Waals surface area contributed by atoms with E-state index < -0.39 is 0 Å². The number of ketones is 1. The molecule has 1 rings (SSSR count). The van der Waals surface area contributed by atoms with Crippen LogP contribution in [0.1, 0.15) is 23.0 Å². The van der Waals surface area contributed by atoms with Crippen LogP contribution >= 0.6 is 0 Å². The molecule has 0 aliphatic rings. The Kier molecular flexibility index (Phi) is 1.67. The van der Waals surface area contributed by atoms with Crippen LogP contribution in [0.25, 0.3) is 0 Å². The van der Waals surface area contributed by atoms with Gasteiger partial charge in [0.1, 0.15) is 0 Å². The second-order valence-electron chi connectivity index (χ2n) is 1.82. The number of furan rings is 1. The normalized spacial score (nSPS) is 9.30. The Morgan fingerprint density at radius 3 is 2.80 bits per heavy atom. The highest BCUT2D eigenvalue weighted by atomic mass is 16.3. The molecule has 1 aromatic heterocycles. The van der Waals surface area contributed by atoms with Crippen molar-refractivity contribution in [3.8, 4) is 0 Å². The molecular formula is C7H5O3. The van der Waals surface area contributed by atoms with Crippen molar-refractivity contribution < 1.29 is 14.0 Å². The number of carbonyl (C=O) groups is 1. The Labute approximate surface area is 57.6 Å². The van der Waals surface area contributed by atoms with Gasteiger partial charge in [0.05, 0.1) is 11.8 Å². The summed E-state index contributed by atoms with van der Waals surface area (Å²) in [6, 6.07) is 1.45. The van der Waals surface area contributed by atoms with Gasteiger partial charge in [0, 0.05) is 0 Å². The standard InChI is InChI=1S/C7H5O3/c1-5(9)6-2-3-10-7(6)4-8/h2-3H,1H3. The number of rotatable bonds is 2. The molecule has 0 unspecified atom stereocenters. The minimum Gasteiger partial charge on any atom is -0.460 e. The molecule has 0 aliphatic heterocycles. The van der Waals surface area contributed by atoms with Crippen molar-refractivity contribution in [2.24, 2.45) is 0 Å². The van der Waals surface area contributed by atoms with Gasteiger partial charge in [-0.15, -0.1) is 0 Å². The molecule has 0 fully saturated rings. The monoisotopic (exact) mass is 137 g/mol. The van der Waals surface area contributed by atoms with Gasteiger partial charge in [-0.2, -0.15) is 0 Å². The first-order chi connectivity index (χ1) is 4.75. The molecule has 0 N–H and O–H groups in total. The number of hydrogen-bond acceptors (Lipinski definition) is 3. The van der Waals surface area contributed by atoms with Crippen molar-refractivity contribution in [2.45, 2.75) is 6.92 Å². The van der Waals surface area contributed by atoms with Gasteiger partial charge >= 0.3 is 0 Å². The number of carbonyl (C=O) groups excluding carboxylic acids is 2. The first-order valence-electron chi connectivity index (χ1n) is 2.72. The summed E-state index contributed by atoms with van der Waals surface area (Å²) in [5.74, 6) is -0.209. The van der Waals surface area contributed by atoms with Gasteiger partial charge in [0.15, 0.2) is 11.5 Å². The van der Waals surface area contributed by atoms with Gasteiger partial charge in [-0.05, 0) is 13.0 Å². The summed E-state index contributed by atoms with van der Waals surface area (Å²) < 4.78 is 4.63. The summed E-state index contributed by atoms with van der Waals surface area (Å²) in [6.45, 7) is 1.37. The zero-order valence-electron chi connectivity index (χ0n) is 5.38. The van der Waals surface area contributed by atoms with Crippen molar-refractivity contribution in [2.75, 3.05) is 0 Å². The first-order valence-corrected chi connectivity index (χ1v) is 2.72. The third-order valence-corrected chi connectivity index (χ3v) is 1.14. The fourth-order valence-corrected chi connectivity index (χ4v) is 0.666. The van der Waals surface area contributed by atoms with Crippen LogP contribution in [0, 0.1) is 0 Å². The van der Waals surface area contributed by atoms with Crippen LogP contribution in [-0.2, 0) is 4.79 Å². The molecule has 51 valence electrons. The van der Waals surface area contributed by atoms with E-state index in [-0.39, 0.29) is 17.1 Å². The Morgan fingerprint density at radius 1 is 1.70 bits per heavy atom. The molecule has 1 radical (unpaired) electrons. The molecule has 0 saturated carbocycles. The van der Waals surface area contributed by atoms with Crippen molar-refractivity contribution in [1.82, 2.24) is 0 Å². The first kappa shape index (κ1) is 6.74. The van der Waals surface area contributed by atoms with E-state index in [0.717, 1.165) is 0 Å². The fourth-order valence-electron chi connectivity index (χ4n) is 0.666. The van der Waals surface area contributed by atoms with Gasteiger partial charge in [0.25, 0.3) is 6.29 Å². The Hall–Kier alpha value is -1.38. The highest BCUT2D eigenvalue weighted by Gasteiger charge is 2.08. The van der Waals surface area contributed by atoms with E-state index in [1.165, 1.54) is 25.5 Å². The molecular weight excluding hydrogens is 132 g/mol. The zero-order valence-corrected chi connectivity index (χ0v) is 5.38. The summed E-state index contributed by atoms with van der Waals surface area (Å²) >= 11 is 0. The van der Waals surface area contributed by atoms with Crippen LogP contribution in [0.2, 0.25) is 0 Å². The van der Waals surface area contributed by atoms with Crippen molar-refractivity contribution >= 4 is 12.1 Å². The van der Waals surface area contributed by atoms with Gasteiger partial charge in [0.2, 0.25) is 0 Å². The largest absolute Gasteiger partial charge is 0.460 e. The van der Waals surface area contributed by atoms with Crippen molar-refractivity contribution in [3.63, 3.8) is 0 Å². The molecule has 1 aromatic rings. The lowest BCUT2D eigenvalue weighted by Gasteiger charge is -1.84. The highest BCUT2D eigenvalue weighted by molar-refractivity contribution is 6.00. The van der Waals surface area contributed by atoms with Crippen LogP contribution in [0.5, 0.6) is 0 Å². The zero-order chi connectivity index (χ0) is 7.56. The maximum Gasteiger partial charge on any atom is 0.272 e. The van der Waals surface area contributed by atoms with Crippen LogP contribution in [0.15, 0.2) is 16.7 Å². The van der Waals surface area contributed by atoms with E-state index in [9.17, 15) is 9.59 Å². The molecule has 0 saturated heterocycles. The average molecular weight is 137 g/mol. The second-order valence-corrected chi connectivity index (χ2v) is 1.82. The summed E-state index contributed by atoms with van der Waals surface area (Å²) in [5.41, 5.74) is 0.287. The van der Waals surface area contributed by atoms with E-state index in [0.29, 0.717) is 0 Å². The average Bonchev–Trinajstić information content (AvgIpc) is 2.33. The van der Waals surface area contributed by atoms with Crippen LogP contribution in [0.4, 0.5) is 0 Å². The summed E-state index contributed by atoms with van der Waals surface area (Å²) in [6.07, 6.45) is 2.81. The van der Waals surface area contributed by atoms with E-state index in [1.54, 1.807) is 0 Å². The molecule has 0 bridgehead atoms. The van der Waals surface area contributed by atoms with E-state index in [2.05, 4.69) is 4.42 Å². The van der Waals surface area contributed by atoms with Crippen molar-refractivity contribution in [1.29, 1.82) is 0 Å². The van der Waals surface area contributed by atoms with E-state index >= 15 is 0 Å². The lowest BCUT2D eigenvalue weighted by atomic mass is 10.2. The Balaban J connectivity index is 3.13. The Morgan fingerprint density at radius 2 is 2.40 bits per heavy atom. The van der Waals surface area contributed by atoms with Crippen LogP contribution in [-0.4, -0.2) is 12.1 Å². The quantitative estimate of drug-likeness (QED) is 0.570. The predicted molar refractivity (Wildman–Crippen MR) is 33.5 cm³/mol. The minimum absolute atomic E-state index is 0.0208. The van der Waals surface area contributed by atoms with E-state index in [1.807, 2.05) is 0 Å². The topological polar surface area (TPSA) is 47.3 Å². The van der Waals surface area contributed by atoms with Crippen LogP contribution < -0.4 is 0 Å². The number of hydrogen-bond donors (Lipinski definition) is 0. The van der Waals surface area contributed by atoms with Gasteiger partial charge < -0.3 is 4.42 Å². The maximum absolute atomic E-state index is 10.6. The Bertz CT molecular complexity index is 260. The molecule has 1 heterocycles. The summed E-state index contributed by atoms with van der Waals surface area (Å²) in [7, 11) is 0. The minimum atomic E-state index is -0.188. The summed E-state index contributed by atoms with van der Waals surface area (Å²) in [5, 5.41) is 0. The molecule has 3 heteroatoms. The lowest BCUT2D eigenvalue weighted by Crippen LogP contribution is -1.93. The number of Topliss-reactive ketones (excluding diaryl/α,β-unsaturated/α-hetero) is 1. The van der Waals surface area contributed by atoms with E-state index in [4.69, 9.17) is 0 Å². The second kappa shape index (κ2) is 2.47. The van der Waals surface area contributed by atoms with Crippen LogP contribution in [0.3, 0.4) is 0 Å². The predicted octanol–water partition coefficient (Wildman–Crippen LogP) is 0.940. The molecule has 0 aromatic carbocycles. The molecule has 0 aliphatic carbocycles. The smallest absolute Gasteiger partial charge is 0.272 e. The van der Waals surface area contributed by atoms with Gasteiger partial charge in [-0.25, -0.2) is 0 Å². The molecule has 0 amide bonds. The molecule has 0 spiro atoms. The molecule has 0 atom stereocenters. The third kappa shape index (κ3) is 0.978. The molecule has 10 heavy (non-hydrogen) atoms. The third-order valence-electron chi connectivity index (χ3n) is 1.14. The summed E-state index contributed by atoms with van der Waals surface area (Å²) in [4.78, 5) is 20.7. The van der Waals surface area contributed by atoms with Gasteiger partial charge in [-0.3, -0.25) is 9.59 Å². The van der Waals surface area contributed by atoms with Gasteiger partial charge in [-0.1, -0.05) is 0 Å². The van der Waals surface area contributed by atoms with Crippen molar-refractivity contribution in [3.05, 3.63) is 23.7 Å². The maximum atomic E-state index is 10.6. The highest BCUT2D eigenvalue weighted by Crippen LogP contribution is 2.07. The lowest BCUT2D eigenvalue weighted by molar-refractivity contribution is 0.101. The fraction of sp³-hybridized carbons (Fsp3) is 0.143.